The van der Waals surface area contributed by atoms with Crippen LogP contribution in [0.2, 0.25) is 0 Å². The van der Waals surface area contributed by atoms with E-state index in [0.29, 0.717) is 5.56 Å². The van der Waals surface area contributed by atoms with Crippen molar-refractivity contribution in [3.63, 3.8) is 0 Å². The predicted octanol–water partition coefficient (Wildman–Crippen LogP) is -0.502. The van der Waals surface area contributed by atoms with E-state index in [4.69, 9.17) is 5.11 Å². The summed E-state index contributed by atoms with van der Waals surface area (Å²) >= 11 is 0. The summed E-state index contributed by atoms with van der Waals surface area (Å²) in [4.78, 5) is 1.21. The molecule has 14 heavy (non-hydrogen) atoms. The van der Waals surface area contributed by atoms with Gasteiger partial charge in [0.05, 0.1) is 6.21 Å². The lowest BCUT2D eigenvalue weighted by Crippen LogP contribution is -2.49. The fourth-order valence-electron chi connectivity index (χ4n) is 1.37. The summed E-state index contributed by atoms with van der Waals surface area (Å²) in [6.45, 7) is 0. The van der Waals surface area contributed by atoms with E-state index in [1.807, 2.05) is 0 Å². The topological polar surface area (TPSA) is 56.1 Å². The Labute approximate surface area is 80.4 Å². The molecular weight excluding hydrogens is 186 g/mol. The molecule has 1 aliphatic heterocycles. The number of aromatic hydroxyl groups is 1. The van der Waals surface area contributed by atoms with Gasteiger partial charge in [0.15, 0.2) is 11.6 Å². The first kappa shape index (κ1) is 9.02. The largest absolute Gasteiger partial charge is 0.505 e. The highest BCUT2D eigenvalue weighted by Crippen LogP contribution is 2.16. The van der Waals surface area contributed by atoms with Crippen LogP contribution in [-0.4, -0.2) is 35.4 Å². The van der Waals surface area contributed by atoms with Crippen LogP contribution in [0.15, 0.2) is 17.2 Å². The lowest BCUT2D eigenvalue weighted by molar-refractivity contribution is 0.422. The summed E-state index contributed by atoms with van der Waals surface area (Å²) < 4.78 is 13.4. The quantitative estimate of drug-likeness (QED) is 0.547. The number of hydrogen-bond acceptors (Lipinski definition) is 4. The van der Waals surface area contributed by atoms with Crippen LogP contribution in [0.4, 0.5) is 4.39 Å². The maximum atomic E-state index is 13.4. The number of benzene rings is 1. The molecule has 0 atom stereocenters. The molecule has 0 fully saturated rings. The van der Waals surface area contributed by atoms with E-state index in [2.05, 4.69) is 5.10 Å². The number of halogens is 1. The van der Waals surface area contributed by atoms with Gasteiger partial charge in [-0.05, 0) is 17.7 Å². The van der Waals surface area contributed by atoms with Crippen molar-refractivity contribution >= 4 is 18.7 Å². The standard InChI is InChI=1S/C8H8BFN2O2/c1-12-9(14)7-5(4-11-12)2-3-6(13)8(7)10/h2-4,13-14H,1H3. The second kappa shape index (κ2) is 2.99. The van der Waals surface area contributed by atoms with E-state index < -0.39 is 18.6 Å². The molecule has 0 spiro atoms. The second-order valence-corrected chi connectivity index (χ2v) is 3.09. The lowest BCUT2D eigenvalue weighted by Gasteiger charge is -2.22. The van der Waals surface area contributed by atoms with E-state index in [1.165, 1.54) is 30.3 Å². The number of fused-ring (bicyclic) bond motifs is 1. The Morgan fingerprint density at radius 3 is 2.93 bits per heavy atom. The van der Waals surface area contributed by atoms with Crippen LogP contribution < -0.4 is 5.46 Å². The maximum Gasteiger partial charge on any atom is 0.469 e. The van der Waals surface area contributed by atoms with E-state index in [9.17, 15) is 9.41 Å². The van der Waals surface area contributed by atoms with Crippen LogP contribution in [0.1, 0.15) is 5.56 Å². The number of phenolic OH excluding ortho intramolecular Hbond substituents is 1. The van der Waals surface area contributed by atoms with Crippen molar-refractivity contribution < 1.29 is 14.5 Å². The van der Waals surface area contributed by atoms with Crippen LogP contribution >= 0.6 is 0 Å². The SMILES string of the molecule is CN1N=Cc2ccc(O)c(F)c2B1O. The minimum Gasteiger partial charge on any atom is -0.505 e. The Balaban J connectivity index is 2.64. The number of hydrogen-bond donors (Lipinski definition) is 2. The third kappa shape index (κ3) is 1.15. The summed E-state index contributed by atoms with van der Waals surface area (Å²) in [6, 6.07) is 2.74. The molecule has 4 nitrogen and oxygen atoms in total. The zero-order chi connectivity index (χ0) is 10.3. The summed E-state index contributed by atoms with van der Waals surface area (Å²) in [5, 5.41) is 22.6. The number of hydrazone groups is 1. The molecule has 0 unspecified atom stereocenters. The van der Waals surface area contributed by atoms with Crippen molar-refractivity contribution in [3.8, 4) is 5.75 Å². The average Bonchev–Trinajstić information content (AvgIpc) is 2.17. The van der Waals surface area contributed by atoms with Crippen molar-refractivity contribution in [2.75, 3.05) is 7.05 Å². The Bertz CT molecular complexity index is 411. The molecule has 0 amide bonds. The van der Waals surface area contributed by atoms with Crippen molar-refractivity contribution in [1.82, 2.24) is 4.92 Å². The summed E-state index contributed by atoms with van der Waals surface area (Å²) in [7, 11) is 0.371. The highest BCUT2D eigenvalue weighted by Gasteiger charge is 2.30. The smallest absolute Gasteiger partial charge is 0.469 e. The molecular formula is C8H8BFN2O2. The fraction of sp³-hybridized carbons (Fsp3) is 0.125. The molecule has 0 bridgehead atoms. The van der Waals surface area contributed by atoms with Gasteiger partial charge in [-0.2, -0.15) is 5.10 Å². The van der Waals surface area contributed by atoms with Crippen LogP contribution in [0.25, 0.3) is 0 Å². The van der Waals surface area contributed by atoms with E-state index in [0.717, 1.165) is 0 Å². The molecule has 0 radical (unpaired) electrons. The Hall–Kier alpha value is -1.56. The van der Waals surface area contributed by atoms with Crippen molar-refractivity contribution in [1.29, 1.82) is 0 Å². The van der Waals surface area contributed by atoms with Crippen LogP contribution in [0, 0.1) is 5.82 Å². The Morgan fingerprint density at radius 2 is 2.21 bits per heavy atom. The van der Waals surface area contributed by atoms with Crippen molar-refractivity contribution in [3.05, 3.63) is 23.5 Å². The zero-order valence-electron chi connectivity index (χ0n) is 7.48. The molecule has 1 aliphatic rings. The number of rotatable bonds is 0. The third-order valence-corrected chi connectivity index (χ3v) is 2.18. The Morgan fingerprint density at radius 1 is 1.50 bits per heavy atom. The van der Waals surface area contributed by atoms with E-state index >= 15 is 0 Å². The third-order valence-electron chi connectivity index (χ3n) is 2.18. The molecule has 1 heterocycles. The summed E-state index contributed by atoms with van der Waals surface area (Å²) in [5.74, 6) is -1.26. The second-order valence-electron chi connectivity index (χ2n) is 3.09. The normalized spacial score (nSPS) is 14.5. The van der Waals surface area contributed by atoms with Gasteiger partial charge in [-0.3, -0.25) is 0 Å². The fourth-order valence-corrected chi connectivity index (χ4v) is 1.37. The van der Waals surface area contributed by atoms with Gasteiger partial charge < -0.3 is 15.1 Å². The lowest BCUT2D eigenvalue weighted by atomic mass is 9.69. The minimum atomic E-state index is -1.15. The molecule has 72 valence electrons. The molecule has 2 rings (SSSR count). The summed E-state index contributed by atoms with van der Waals surface area (Å²) in [5.41, 5.74) is 0.536. The number of phenols is 1. The van der Waals surface area contributed by atoms with Gasteiger partial charge >= 0.3 is 7.05 Å². The van der Waals surface area contributed by atoms with Gasteiger partial charge in [-0.25, -0.2) is 4.39 Å². The molecule has 0 saturated carbocycles. The predicted molar refractivity (Wildman–Crippen MR) is 51.0 cm³/mol. The molecule has 1 aromatic carbocycles. The maximum absolute atomic E-state index is 13.4. The minimum absolute atomic E-state index is 0.0579. The molecule has 0 aromatic heterocycles. The first-order chi connectivity index (χ1) is 6.61. The van der Waals surface area contributed by atoms with Gasteiger partial charge in [-0.15, -0.1) is 0 Å². The molecule has 0 aliphatic carbocycles. The van der Waals surface area contributed by atoms with Gasteiger partial charge in [0, 0.05) is 12.5 Å². The highest BCUT2D eigenvalue weighted by molar-refractivity contribution is 6.65. The van der Waals surface area contributed by atoms with Crippen molar-refractivity contribution in [2.45, 2.75) is 0 Å². The first-order valence-electron chi connectivity index (χ1n) is 4.07. The van der Waals surface area contributed by atoms with Crippen LogP contribution in [-0.2, 0) is 0 Å². The van der Waals surface area contributed by atoms with Gasteiger partial charge in [-0.1, -0.05) is 0 Å². The van der Waals surface area contributed by atoms with Gasteiger partial charge in [0.25, 0.3) is 0 Å². The van der Waals surface area contributed by atoms with Crippen molar-refractivity contribution in [2.24, 2.45) is 5.10 Å². The molecule has 1 aromatic rings. The van der Waals surface area contributed by atoms with E-state index in [-0.39, 0.29) is 5.46 Å². The van der Waals surface area contributed by atoms with Crippen LogP contribution in [0.3, 0.4) is 0 Å². The van der Waals surface area contributed by atoms with Gasteiger partial charge in [0.2, 0.25) is 0 Å². The molecule has 2 N–H and O–H groups in total. The monoisotopic (exact) mass is 194 g/mol. The van der Waals surface area contributed by atoms with Gasteiger partial charge in [0.1, 0.15) is 0 Å². The zero-order valence-corrected chi connectivity index (χ0v) is 7.48. The summed E-state index contributed by atoms with van der Waals surface area (Å²) in [6.07, 6.45) is 1.44. The average molecular weight is 194 g/mol. The number of nitrogens with zero attached hydrogens (tertiary/aromatic N) is 2. The van der Waals surface area contributed by atoms with E-state index in [1.54, 1.807) is 0 Å². The van der Waals surface area contributed by atoms with Crippen LogP contribution in [0.5, 0.6) is 5.75 Å². The first-order valence-corrected chi connectivity index (χ1v) is 4.07. The molecule has 0 saturated heterocycles. The molecule has 6 heteroatoms. The Kier molecular flexibility index (Phi) is 1.92. The highest BCUT2D eigenvalue weighted by atomic mass is 19.1.